The number of carbonyl (C=O) groups excluding carboxylic acids is 3. The van der Waals surface area contributed by atoms with Gasteiger partial charge < -0.3 is 94.2 Å². The third-order valence-corrected chi connectivity index (χ3v) is 5.96. The Morgan fingerprint density at radius 1 is 0.475 bits per heavy atom. The molecule has 3 aliphatic rings. The van der Waals surface area contributed by atoms with Gasteiger partial charge in [0.25, 0.3) is 0 Å². The summed E-state index contributed by atoms with van der Waals surface area (Å²) in [7, 11) is 0. The quantitative estimate of drug-likeness (QED) is 0.124. The van der Waals surface area contributed by atoms with Gasteiger partial charge in [0.15, 0.2) is 18.9 Å². The monoisotopic (exact) mass is 612 g/mol. The standard InChI is InChI=1S/C18H26O19.3Na/c19-1-2(20)10(13(26)27)36-17(6(1)24)35-9-4(22)7(25)18(37-12(9)15(30)31)34-8-3(21)5(23)16(32)33-11(8)14(28)29;;;/h1-12,16-25,32H,(H,26,27)(H,28,29)(H,30,31);;;/q;3*+1/p-3/t1-,2+,3+,4+,5?,6?,7?,8+,9+,10?,11?,12?,16+,17+,18+;;;/m0.../s1. The van der Waals surface area contributed by atoms with E-state index in [0.29, 0.717) is 0 Å². The van der Waals surface area contributed by atoms with Gasteiger partial charge in [0.05, 0.1) is 17.9 Å². The molecule has 15 atom stereocenters. The van der Waals surface area contributed by atoms with Crippen molar-refractivity contribution >= 4 is 17.9 Å². The summed E-state index contributed by atoms with van der Waals surface area (Å²) in [5.74, 6) is -6.27. The van der Waals surface area contributed by atoms with E-state index in [4.69, 9.17) is 18.9 Å². The molecular weight excluding hydrogens is 589 g/mol. The van der Waals surface area contributed by atoms with Crippen molar-refractivity contribution in [3.63, 3.8) is 0 Å². The summed E-state index contributed by atoms with van der Waals surface area (Å²) in [4.78, 5) is 34.1. The smallest absolute Gasteiger partial charge is 0.547 e. The number of hydrogen-bond donors (Lipinski definition) is 8. The van der Waals surface area contributed by atoms with Crippen molar-refractivity contribution in [2.45, 2.75) is 92.1 Å². The maximum Gasteiger partial charge on any atom is 1.00 e. The van der Waals surface area contributed by atoms with E-state index in [0.717, 1.165) is 0 Å². The van der Waals surface area contributed by atoms with Crippen molar-refractivity contribution in [1.82, 2.24) is 0 Å². The number of carboxylic acid groups (broad SMARTS) is 3. The van der Waals surface area contributed by atoms with Crippen LogP contribution in [0.2, 0.25) is 0 Å². The predicted molar refractivity (Wildman–Crippen MR) is 95.0 cm³/mol. The van der Waals surface area contributed by atoms with Crippen LogP contribution in [0.1, 0.15) is 0 Å². The van der Waals surface area contributed by atoms with Gasteiger partial charge in [-0.15, -0.1) is 0 Å². The number of carboxylic acids is 3. The van der Waals surface area contributed by atoms with Gasteiger partial charge in [0.1, 0.15) is 73.2 Å². The summed E-state index contributed by atoms with van der Waals surface area (Å²) >= 11 is 0. The van der Waals surface area contributed by atoms with E-state index in [9.17, 15) is 70.6 Å². The fraction of sp³-hybridized carbons (Fsp3) is 0.833. The SMILES string of the molecule is O=C([O-])C1O[C@@H](O[C@H]2C(C(=O)[O-])O[C@@H](O[C@H]3C(C(=O)[O-])O[C@@H](O)C(O)[C@H]3O)C(O)[C@H]2O)C(O)[C@@H](O)[C@H]1O.[Na+].[Na+].[Na+]. The van der Waals surface area contributed by atoms with Crippen LogP contribution in [0.15, 0.2) is 0 Å². The molecule has 6 unspecified atom stereocenters. The van der Waals surface area contributed by atoms with Crippen LogP contribution >= 0.6 is 0 Å². The Bertz CT molecular complexity index is 868. The van der Waals surface area contributed by atoms with Gasteiger partial charge in [-0.3, -0.25) is 0 Å². The zero-order valence-electron chi connectivity index (χ0n) is 21.2. The molecule has 3 heterocycles. The van der Waals surface area contributed by atoms with Crippen molar-refractivity contribution in [2.24, 2.45) is 0 Å². The van der Waals surface area contributed by atoms with Crippen molar-refractivity contribution in [1.29, 1.82) is 0 Å². The number of aliphatic hydroxyl groups excluding tert-OH is 8. The van der Waals surface area contributed by atoms with Crippen LogP contribution in [0.4, 0.5) is 0 Å². The molecule has 212 valence electrons. The summed E-state index contributed by atoms with van der Waals surface area (Å²) < 4.78 is 24.4. The minimum atomic E-state index is -2.43. The van der Waals surface area contributed by atoms with E-state index in [-0.39, 0.29) is 88.7 Å². The molecule has 0 saturated carbocycles. The second-order valence-electron chi connectivity index (χ2n) is 8.39. The van der Waals surface area contributed by atoms with Crippen LogP contribution in [0, 0.1) is 0 Å². The van der Waals surface area contributed by atoms with Gasteiger partial charge in [0, 0.05) is 0 Å². The number of aliphatic hydroxyl groups is 8. The zero-order chi connectivity index (χ0) is 27.9. The molecule has 0 spiro atoms. The molecule has 3 fully saturated rings. The van der Waals surface area contributed by atoms with Gasteiger partial charge in [0.2, 0.25) is 0 Å². The fourth-order valence-corrected chi connectivity index (χ4v) is 3.95. The molecule has 0 aliphatic carbocycles. The van der Waals surface area contributed by atoms with Crippen LogP contribution < -0.4 is 104 Å². The maximum atomic E-state index is 11.7. The predicted octanol–water partition coefficient (Wildman–Crippen LogP) is -20.3. The van der Waals surface area contributed by atoms with E-state index >= 15 is 0 Å². The minimum Gasteiger partial charge on any atom is -0.547 e. The summed E-state index contributed by atoms with van der Waals surface area (Å²) in [5, 5.41) is 114. The maximum absolute atomic E-state index is 11.7. The summed E-state index contributed by atoms with van der Waals surface area (Å²) in [6.45, 7) is 0. The first-order valence-corrected chi connectivity index (χ1v) is 10.5. The first-order chi connectivity index (χ1) is 17.2. The molecule has 3 rings (SSSR count). The number of hydrogen-bond acceptors (Lipinski definition) is 19. The number of carbonyl (C=O) groups is 3. The zero-order valence-corrected chi connectivity index (χ0v) is 27.2. The Balaban J connectivity index is 0.00000507. The largest absolute Gasteiger partial charge is 1.00 e. The molecule has 3 saturated heterocycles. The van der Waals surface area contributed by atoms with E-state index in [2.05, 4.69) is 4.74 Å². The first-order valence-electron chi connectivity index (χ1n) is 10.5. The number of aliphatic carboxylic acids is 3. The number of ether oxygens (including phenoxy) is 5. The molecule has 8 N–H and O–H groups in total. The Hall–Kier alpha value is 0.890. The van der Waals surface area contributed by atoms with Crippen LogP contribution in [-0.4, -0.2) is 151 Å². The van der Waals surface area contributed by atoms with Gasteiger partial charge in [-0.25, -0.2) is 0 Å². The average molecular weight is 612 g/mol. The molecule has 19 nitrogen and oxygen atoms in total. The van der Waals surface area contributed by atoms with Gasteiger partial charge in [-0.1, -0.05) is 0 Å². The summed E-state index contributed by atoms with van der Waals surface area (Å²) in [6, 6.07) is 0. The van der Waals surface area contributed by atoms with Crippen LogP contribution in [0.5, 0.6) is 0 Å². The molecule has 0 aromatic carbocycles. The van der Waals surface area contributed by atoms with Crippen molar-refractivity contribution in [2.75, 3.05) is 0 Å². The Morgan fingerprint density at radius 2 is 0.825 bits per heavy atom. The van der Waals surface area contributed by atoms with Crippen LogP contribution in [0.3, 0.4) is 0 Å². The second kappa shape index (κ2) is 16.8. The van der Waals surface area contributed by atoms with Crippen LogP contribution in [-0.2, 0) is 38.1 Å². The van der Waals surface area contributed by atoms with Gasteiger partial charge in [-0.2, -0.15) is 0 Å². The van der Waals surface area contributed by atoms with E-state index < -0.39 is 110 Å². The third-order valence-electron chi connectivity index (χ3n) is 5.96. The second-order valence-corrected chi connectivity index (χ2v) is 8.39. The van der Waals surface area contributed by atoms with Crippen molar-refractivity contribution in [3.05, 3.63) is 0 Å². The minimum absolute atomic E-state index is 0. The Labute approximate surface area is 290 Å². The molecular formula is C18H23Na3O19. The van der Waals surface area contributed by atoms with E-state index in [1.54, 1.807) is 0 Å². The topological polar surface area (TPSA) is 328 Å². The Morgan fingerprint density at radius 3 is 1.25 bits per heavy atom. The number of rotatable bonds is 7. The molecule has 0 aromatic rings. The molecule has 3 aliphatic heterocycles. The van der Waals surface area contributed by atoms with E-state index in [1.807, 2.05) is 0 Å². The van der Waals surface area contributed by atoms with Crippen LogP contribution in [0.25, 0.3) is 0 Å². The molecule has 0 aromatic heterocycles. The van der Waals surface area contributed by atoms with Gasteiger partial charge in [-0.05, 0) is 0 Å². The fourth-order valence-electron chi connectivity index (χ4n) is 3.95. The van der Waals surface area contributed by atoms with Crippen molar-refractivity contribution in [3.8, 4) is 0 Å². The Kier molecular flexibility index (Phi) is 17.2. The average Bonchev–Trinajstić information content (AvgIpc) is 2.82. The molecule has 40 heavy (non-hydrogen) atoms. The molecule has 0 amide bonds. The first kappa shape index (κ1) is 40.9. The summed E-state index contributed by atoms with van der Waals surface area (Å²) in [5.41, 5.74) is 0. The van der Waals surface area contributed by atoms with E-state index in [1.165, 1.54) is 0 Å². The van der Waals surface area contributed by atoms with Gasteiger partial charge >= 0.3 is 88.7 Å². The molecule has 0 radical (unpaired) electrons. The third kappa shape index (κ3) is 8.53. The van der Waals surface area contributed by atoms with Crippen molar-refractivity contribution < 1.29 is 183 Å². The normalized spacial score (nSPS) is 45.1. The molecule has 0 bridgehead atoms. The molecule has 22 heteroatoms. The summed E-state index contributed by atoms with van der Waals surface area (Å²) in [6.07, 6.45) is -33.7.